The third kappa shape index (κ3) is 4.96. The molecule has 0 aromatic heterocycles. The lowest BCUT2D eigenvalue weighted by molar-refractivity contribution is -0.125. The lowest BCUT2D eigenvalue weighted by Gasteiger charge is -2.34. The van der Waals surface area contributed by atoms with Gasteiger partial charge < -0.3 is 21.3 Å². The molecule has 3 amide bonds. The van der Waals surface area contributed by atoms with Crippen LogP contribution >= 0.6 is 0 Å². The number of rotatable bonds is 6. The Morgan fingerprint density at radius 1 is 0.875 bits per heavy atom. The molecule has 0 radical (unpaired) electrons. The molecule has 2 aliphatic rings. The Bertz CT molecular complexity index is 849. The fraction of sp³-hybridized carbons (Fsp3) is 0.462. The Morgan fingerprint density at radius 3 is 1.94 bits per heavy atom. The van der Waals surface area contributed by atoms with E-state index < -0.39 is 5.54 Å². The summed E-state index contributed by atoms with van der Waals surface area (Å²) in [5, 5.41) is 6.28. The quantitative estimate of drug-likeness (QED) is 0.651. The lowest BCUT2D eigenvalue weighted by Crippen LogP contribution is -2.53. The highest BCUT2D eigenvalue weighted by Gasteiger charge is 2.38. The number of hydrogen-bond donors (Lipinski definition) is 3. The molecule has 1 aliphatic heterocycles. The molecule has 170 valence electrons. The molecule has 2 aromatic rings. The molecule has 0 atom stereocenters. The first-order chi connectivity index (χ1) is 15.6. The van der Waals surface area contributed by atoms with Crippen molar-refractivity contribution in [3.63, 3.8) is 0 Å². The highest BCUT2D eigenvalue weighted by Crippen LogP contribution is 2.28. The summed E-state index contributed by atoms with van der Waals surface area (Å²) < 4.78 is 0. The first kappa shape index (κ1) is 22.3. The second kappa shape index (κ2) is 10.2. The molecule has 6 heteroatoms. The van der Waals surface area contributed by atoms with Crippen LogP contribution in [-0.2, 0) is 10.3 Å². The molecular formula is C26H34N4O2. The van der Waals surface area contributed by atoms with Gasteiger partial charge in [0, 0.05) is 25.7 Å². The second-order valence-corrected chi connectivity index (χ2v) is 9.11. The number of nitrogens with two attached hydrogens (primary N) is 1. The van der Waals surface area contributed by atoms with Crippen LogP contribution < -0.4 is 16.4 Å². The van der Waals surface area contributed by atoms with Crippen molar-refractivity contribution >= 4 is 11.9 Å². The van der Waals surface area contributed by atoms with Gasteiger partial charge in [0.05, 0.1) is 0 Å². The van der Waals surface area contributed by atoms with Crippen molar-refractivity contribution in [2.24, 2.45) is 11.7 Å². The minimum absolute atomic E-state index is 0.0634. The second-order valence-electron chi connectivity index (χ2n) is 9.11. The molecule has 0 unspecified atom stereocenters. The molecule has 4 rings (SSSR count). The van der Waals surface area contributed by atoms with Gasteiger partial charge in [0.1, 0.15) is 5.54 Å². The molecule has 1 aliphatic carbocycles. The number of piperidine rings is 1. The summed E-state index contributed by atoms with van der Waals surface area (Å²) in [7, 11) is 0. The van der Waals surface area contributed by atoms with E-state index in [0.717, 1.165) is 49.9 Å². The SMILES string of the molecule is NC(C(=O)NCC1CCN(C(=O)NC2CCCC2)CC1)(c1ccccc1)c1ccccc1. The first-order valence-corrected chi connectivity index (χ1v) is 11.8. The van der Waals surface area contributed by atoms with E-state index in [1.54, 1.807) is 0 Å². The summed E-state index contributed by atoms with van der Waals surface area (Å²) >= 11 is 0. The average molecular weight is 435 g/mol. The number of nitrogens with one attached hydrogen (secondary N) is 2. The Hall–Kier alpha value is -2.86. The van der Waals surface area contributed by atoms with E-state index in [9.17, 15) is 9.59 Å². The number of urea groups is 1. The van der Waals surface area contributed by atoms with Gasteiger partial charge in [-0.25, -0.2) is 4.79 Å². The molecular weight excluding hydrogens is 400 g/mol. The third-order valence-electron chi connectivity index (χ3n) is 6.95. The van der Waals surface area contributed by atoms with Gasteiger partial charge in [-0.2, -0.15) is 0 Å². The summed E-state index contributed by atoms with van der Waals surface area (Å²) in [6, 6.07) is 19.4. The van der Waals surface area contributed by atoms with Crippen molar-refractivity contribution in [1.29, 1.82) is 0 Å². The number of carbonyl (C=O) groups is 2. The fourth-order valence-corrected chi connectivity index (χ4v) is 4.88. The van der Waals surface area contributed by atoms with E-state index in [1.165, 1.54) is 12.8 Å². The molecule has 1 saturated carbocycles. The molecule has 6 nitrogen and oxygen atoms in total. The summed E-state index contributed by atoms with van der Waals surface area (Å²) in [6.45, 7) is 2.02. The Labute approximate surface area is 190 Å². The zero-order valence-electron chi connectivity index (χ0n) is 18.6. The van der Waals surface area contributed by atoms with Crippen LogP contribution in [0.5, 0.6) is 0 Å². The fourth-order valence-electron chi connectivity index (χ4n) is 4.88. The summed E-state index contributed by atoms with van der Waals surface area (Å²) in [4.78, 5) is 27.8. The van der Waals surface area contributed by atoms with Crippen molar-refractivity contribution in [1.82, 2.24) is 15.5 Å². The van der Waals surface area contributed by atoms with Crippen LogP contribution in [0, 0.1) is 5.92 Å². The van der Waals surface area contributed by atoms with E-state index in [4.69, 9.17) is 5.73 Å². The van der Waals surface area contributed by atoms with Gasteiger partial charge in [0.2, 0.25) is 5.91 Å². The standard InChI is InChI=1S/C26H34N4O2/c27-26(21-9-3-1-4-10-21,22-11-5-2-6-12-22)24(31)28-19-20-15-17-30(18-16-20)25(32)29-23-13-7-8-14-23/h1-6,9-12,20,23H,7-8,13-19,27H2,(H,28,31)(H,29,32). The van der Waals surface area contributed by atoms with Crippen molar-refractivity contribution in [2.75, 3.05) is 19.6 Å². The minimum atomic E-state index is -1.25. The Kier molecular flexibility index (Phi) is 7.10. The predicted octanol–water partition coefficient (Wildman–Crippen LogP) is 3.37. The van der Waals surface area contributed by atoms with Crippen molar-refractivity contribution in [2.45, 2.75) is 50.1 Å². The molecule has 0 spiro atoms. The number of nitrogens with zero attached hydrogens (tertiary/aromatic N) is 1. The highest BCUT2D eigenvalue weighted by atomic mass is 16.2. The maximum atomic E-state index is 13.4. The highest BCUT2D eigenvalue weighted by molar-refractivity contribution is 5.91. The number of hydrogen-bond acceptors (Lipinski definition) is 3. The van der Waals surface area contributed by atoms with Crippen LogP contribution in [0.2, 0.25) is 0 Å². The van der Waals surface area contributed by atoms with E-state index in [-0.39, 0.29) is 11.9 Å². The van der Waals surface area contributed by atoms with Crippen LogP contribution in [0.1, 0.15) is 49.7 Å². The summed E-state index contributed by atoms with van der Waals surface area (Å²) in [6.07, 6.45) is 6.37. The maximum absolute atomic E-state index is 13.4. The van der Waals surface area contributed by atoms with Crippen LogP contribution in [0.4, 0.5) is 4.79 Å². The number of carbonyl (C=O) groups excluding carboxylic acids is 2. The van der Waals surface area contributed by atoms with Gasteiger partial charge in [-0.05, 0) is 42.7 Å². The zero-order valence-corrected chi connectivity index (χ0v) is 18.6. The van der Waals surface area contributed by atoms with Gasteiger partial charge in [-0.1, -0.05) is 73.5 Å². The predicted molar refractivity (Wildman–Crippen MR) is 126 cm³/mol. The summed E-state index contributed by atoms with van der Waals surface area (Å²) in [5.41, 5.74) is 7.05. The van der Waals surface area contributed by atoms with E-state index >= 15 is 0 Å². The van der Waals surface area contributed by atoms with Gasteiger partial charge in [0.25, 0.3) is 0 Å². The normalized spacial score (nSPS) is 17.8. The van der Waals surface area contributed by atoms with Gasteiger partial charge in [-0.3, -0.25) is 4.79 Å². The van der Waals surface area contributed by atoms with E-state index in [1.807, 2.05) is 65.6 Å². The minimum Gasteiger partial charge on any atom is -0.354 e. The molecule has 2 fully saturated rings. The molecule has 1 saturated heterocycles. The number of likely N-dealkylation sites (tertiary alicyclic amines) is 1. The van der Waals surface area contributed by atoms with Gasteiger partial charge in [-0.15, -0.1) is 0 Å². The van der Waals surface area contributed by atoms with Gasteiger partial charge >= 0.3 is 6.03 Å². The Balaban J connectivity index is 1.34. The number of benzene rings is 2. The van der Waals surface area contributed by atoms with Crippen molar-refractivity contribution < 1.29 is 9.59 Å². The molecule has 2 aromatic carbocycles. The number of amides is 3. The van der Waals surface area contributed by atoms with Crippen molar-refractivity contribution in [3.8, 4) is 0 Å². The molecule has 32 heavy (non-hydrogen) atoms. The van der Waals surface area contributed by atoms with Crippen LogP contribution in [0.25, 0.3) is 0 Å². The van der Waals surface area contributed by atoms with E-state index in [0.29, 0.717) is 18.5 Å². The maximum Gasteiger partial charge on any atom is 0.317 e. The largest absolute Gasteiger partial charge is 0.354 e. The average Bonchev–Trinajstić information content (AvgIpc) is 3.36. The first-order valence-electron chi connectivity index (χ1n) is 11.8. The summed E-state index contributed by atoms with van der Waals surface area (Å²) in [5.74, 6) is 0.140. The van der Waals surface area contributed by atoms with Crippen molar-refractivity contribution in [3.05, 3.63) is 71.8 Å². The third-order valence-corrected chi connectivity index (χ3v) is 6.95. The molecule has 0 bridgehead atoms. The zero-order chi connectivity index (χ0) is 22.4. The topological polar surface area (TPSA) is 87.5 Å². The molecule has 4 N–H and O–H groups in total. The lowest BCUT2D eigenvalue weighted by atomic mass is 9.82. The smallest absolute Gasteiger partial charge is 0.317 e. The van der Waals surface area contributed by atoms with Crippen LogP contribution in [0.15, 0.2) is 60.7 Å². The molecule has 1 heterocycles. The Morgan fingerprint density at radius 2 is 1.41 bits per heavy atom. The van der Waals surface area contributed by atoms with Gasteiger partial charge in [0.15, 0.2) is 0 Å². The monoisotopic (exact) mass is 434 g/mol. The van der Waals surface area contributed by atoms with Crippen LogP contribution in [-0.4, -0.2) is 42.5 Å². The van der Waals surface area contributed by atoms with Crippen LogP contribution in [0.3, 0.4) is 0 Å². The van der Waals surface area contributed by atoms with E-state index in [2.05, 4.69) is 10.6 Å².